The molecule has 0 radical (unpaired) electrons. The van der Waals surface area contributed by atoms with Crippen LogP contribution in [0.15, 0.2) is 36.5 Å². The number of hydrogen-bond donors (Lipinski definition) is 1. The molecule has 0 saturated carbocycles. The van der Waals surface area contributed by atoms with E-state index >= 15 is 0 Å². The highest BCUT2D eigenvalue weighted by molar-refractivity contribution is 6.31. The molecule has 31 heavy (non-hydrogen) atoms. The summed E-state index contributed by atoms with van der Waals surface area (Å²) in [6.45, 7) is 5.96. The summed E-state index contributed by atoms with van der Waals surface area (Å²) >= 11 is 6.16. The molecular formula is C23H29ClFN5O. The van der Waals surface area contributed by atoms with Crippen molar-refractivity contribution < 1.29 is 9.18 Å². The quantitative estimate of drug-likeness (QED) is 0.766. The Hall–Kier alpha value is -2.22. The van der Waals surface area contributed by atoms with E-state index in [2.05, 4.69) is 14.8 Å². The molecular weight excluding hydrogens is 417 g/mol. The maximum absolute atomic E-state index is 14.1. The van der Waals surface area contributed by atoms with Crippen LogP contribution in [0.5, 0.6) is 0 Å². The van der Waals surface area contributed by atoms with Crippen LogP contribution in [0, 0.1) is 11.7 Å². The molecule has 2 N–H and O–H groups in total. The van der Waals surface area contributed by atoms with E-state index in [1.54, 1.807) is 18.3 Å². The van der Waals surface area contributed by atoms with Gasteiger partial charge in [-0.3, -0.25) is 14.6 Å². The fraction of sp³-hybridized carbons (Fsp3) is 0.478. The zero-order valence-corrected chi connectivity index (χ0v) is 18.4. The number of carbonyl (C=O) groups excluding carboxylic acids is 1. The number of hydrogen-bond acceptors (Lipinski definition) is 5. The number of aromatic nitrogens is 1. The molecule has 2 aromatic rings. The van der Waals surface area contributed by atoms with Gasteiger partial charge < -0.3 is 10.6 Å². The van der Waals surface area contributed by atoms with Crippen LogP contribution < -0.4 is 5.73 Å². The SMILES string of the molecule is Nc1cc(CN2CCC(C(=O)N3CCN(Cc4c(F)cccc4Cl)CC3)CC2)ccn1. The molecule has 0 aliphatic carbocycles. The van der Waals surface area contributed by atoms with Gasteiger partial charge in [0, 0.05) is 62.0 Å². The Kier molecular flexibility index (Phi) is 7.05. The zero-order valence-electron chi connectivity index (χ0n) is 17.6. The number of rotatable bonds is 5. The van der Waals surface area contributed by atoms with Crippen LogP contribution >= 0.6 is 11.6 Å². The Morgan fingerprint density at radius 3 is 2.45 bits per heavy atom. The Morgan fingerprint density at radius 2 is 1.77 bits per heavy atom. The van der Waals surface area contributed by atoms with Crippen molar-refractivity contribution in [2.75, 3.05) is 45.0 Å². The lowest BCUT2D eigenvalue weighted by molar-refractivity contribution is -0.139. The standard InChI is InChI=1S/C23H29ClFN5O/c24-20-2-1-3-21(25)19(20)16-29-10-12-30(13-11-29)23(31)18-5-8-28(9-6-18)15-17-4-7-27-22(26)14-17/h1-4,7,14,18H,5-6,8-13,15-16H2,(H2,26,27). The van der Waals surface area contributed by atoms with E-state index in [-0.39, 0.29) is 17.6 Å². The van der Waals surface area contributed by atoms with Crippen molar-refractivity contribution in [3.05, 3.63) is 58.5 Å². The summed E-state index contributed by atoms with van der Waals surface area (Å²) in [4.78, 5) is 23.6. The van der Waals surface area contributed by atoms with Gasteiger partial charge in [0.2, 0.25) is 5.91 Å². The second-order valence-corrected chi connectivity index (χ2v) is 8.85. The summed E-state index contributed by atoms with van der Waals surface area (Å²) in [5.41, 5.74) is 7.46. The number of piperazine rings is 1. The van der Waals surface area contributed by atoms with Crippen molar-refractivity contribution in [1.29, 1.82) is 0 Å². The minimum atomic E-state index is -0.271. The fourth-order valence-electron chi connectivity index (χ4n) is 4.48. The molecule has 2 fully saturated rings. The summed E-state index contributed by atoms with van der Waals surface area (Å²) < 4.78 is 14.1. The predicted octanol–water partition coefficient (Wildman–Crippen LogP) is 3.01. The molecule has 1 aromatic carbocycles. The van der Waals surface area contributed by atoms with Crippen molar-refractivity contribution in [1.82, 2.24) is 19.7 Å². The lowest BCUT2D eigenvalue weighted by Crippen LogP contribution is -2.51. The molecule has 2 aliphatic rings. The molecule has 0 unspecified atom stereocenters. The molecule has 3 heterocycles. The second kappa shape index (κ2) is 9.94. The minimum absolute atomic E-state index is 0.0892. The van der Waals surface area contributed by atoms with E-state index in [1.807, 2.05) is 17.0 Å². The molecule has 166 valence electrons. The van der Waals surface area contributed by atoms with E-state index < -0.39 is 0 Å². The molecule has 6 nitrogen and oxygen atoms in total. The van der Waals surface area contributed by atoms with Gasteiger partial charge in [0.1, 0.15) is 11.6 Å². The number of piperidine rings is 1. The lowest BCUT2D eigenvalue weighted by Gasteiger charge is -2.38. The van der Waals surface area contributed by atoms with Gasteiger partial charge in [0.25, 0.3) is 0 Å². The third-order valence-corrected chi connectivity index (χ3v) is 6.67. The smallest absolute Gasteiger partial charge is 0.225 e. The fourth-order valence-corrected chi connectivity index (χ4v) is 4.70. The van der Waals surface area contributed by atoms with Crippen LogP contribution in [0.2, 0.25) is 5.02 Å². The number of likely N-dealkylation sites (tertiary alicyclic amines) is 1. The third-order valence-electron chi connectivity index (χ3n) is 6.32. The Bertz CT molecular complexity index is 890. The van der Waals surface area contributed by atoms with E-state index in [9.17, 15) is 9.18 Å². The molecule has 1 aromatic heterocycles. The van der Waals surface area contributed by atoms with E-state index in [0.29, 0.717) is 36.0 Å². The first-order chi connectivity index (χ1) is 15.0. The Labute approximate surface area is 187 Å². The van der Waals surface area contributed by atoms with Crippen LogP contribution in [0.1, 0.15) is 24.0 Å². The summed E-state index contributed by atoms with van der Waals surface area (Å²) in [6.07, 6.45) is 3.50. The van der Waals surface area contributed by atoms with Crippen LogP contribution in [-0.4, -0.2) is 64.9 Å². The molecule has 2 saturated heterocycles. The largest absolute Gasteiger partial charge is 0.384 e. The Morgan fingerprint density at radius 1 is 1.06 bits per heavy atom. The summed E-state index contributed by atoms with van der Waals surface area (Å²) in [5.74, 6) is 0.619. The highest BCUT2D eigenvalue weighted by Gasteiger charge is 2.30. The van der Waals surface area contributed by atoms with Crippen LogP contribution in [0.3, 0.4) is 0 Å². The van der Waals surface area contributed by atoms with E-state index in [0.717, 1.165) is 51.1 Å². The molecule has 1 amide bonds. The first kappa shape index (κ1) is 22.0. The summed E-state index contributed by atoms with van der Waals surface area (Å²) in [6, 6.07) is 8.68. The maximum Gasteiger partial charge on any atom is 0.225 e. The summed E-state index contributed by atoms with van der Waals surface area (Å²) in [7, 11) is 0. The first-order valence-electron chi connectivity index (χ1n) is 10.9. The number of benzene rings is 1. The van der Waals surface area contributed by atoms with Crippen molar-refractivity contribution in [3.63, 3.8) is 0 Å². The summed E-state index contributed by atoms with van der Waals surface area (Å²) in [5, 5.41) is 0.458. The third kappa shape index (κ3) is 5.53. The number of pyridine rings is 1. The second-order valence-electron chi connectivity index (χ2n) is 8.44. The number of nitrogens with two attached hydrogens (primary N) is 1. The molecule has 8 heteroatoms. The van der Waals surface area contributed by atoms with Crippen molar-refractivity contribution in [2.24, 2.45) is 5.92 Å². The van der Waals surface area contributed by atoms with Crippen molar-refractivity contribution >= 4 is 23.3 Å². The van der Waals surface area contributed by atoms with Crippen LogP contribution in [0.25, 0.3) is 0 Å². The van der Waals surface area contributed by atoms with Gasteiger partial charge >= 0.3 is 0 Å². The maximum atomic E-state index is 14.1. The number of amides is 1. The van der Waals surface area contributed by atoms with Crippen molar-refractivity contribution in [2.45, 2.75) is 25.9 Å². The van der Waals surface area contributed by atoms with Crippen LogP contribution in [0.4, 0.5) is 10.2 Å². The minimum Gasteiger partial charge on any atom is -0.384 e. The number of nitrogens with zero attached hydrogens (tertiary/aromatic N) is 4. The monoisotopic (exact) mass is 445 g/mol. The average Bonchev–Trinajstić information content (AvgIpc) is 2.77. The van der Waals surface area contributed by atoms with E-state index in [4.69, 9.17) is 17.3 Å². The van der Waals surface area contributed by atoms with Crippen LogP contribution in [-0.2, 0) is 17.9 Å². The molecule has 4 rings (SSSR count). The van der Waals surface area contributed by atoms with Gasteiger partial charge in [0.05, 0.1) is 0 Å². The predicted molar refractivity (Wildman–Crippen MR) is 120 cm³/mol. The number of halogens is 2. The molecule has 0 bridgehead atoms. The van der Waals surface area contributed by atoms with Gasteiger partial charge in [0.15, 0.2) is 0 Å². The average molecular weight is 446 g/mol. The number of carbonyl (C=O) groups is 1. The van der Waals surface area contributed by atoms with Gasteiger partial charge in [-0.2, -0.15) is 0 Å². The molecule has 0 atom stereocenters. The van der Waals surface area contributed by atoms with Gasteiger partial charge in [-0.1, -0.05) is 17.7 Å². The zero-order chi connectivity index (χ0) is 21.8. The van der Waals surface area contributed by atoms with Gasteiger partial charge in [-0.05, 0) is 55.8 Å². The number of nitrogen functional groups attached to an aromatic ring is 1. The lowest BCUT2D eigenvalue weighted by atomic mass is 9.94. The normalized spacial score (nSPS) is 19.0. The first-order valence-corrected chi connectivity index (χ1v) is 11.2. The Balaban J connectivity index is 1.23. The number of anilines is 1. The highest BCUT2D eigenvalue weighted by atomic mass is 35.5. The van der Waals surface area contributed by atoms with Gasteiger partial charge in [-0.15, -0.1) is 0 Å². The van der Waals surface area contributed by atoms with E-state index in [1.165, 1.54) is 6.07 Å². The van der Waals surface area contributed by atoms with Gasteiger partial charge in [-0.25, -0.2) is 9.37 Å². The molecule has 2 aliphatic heterocycles. The topological polar surface area (TPSA) is 65.7 Å². The van der Waals surface area contributed by atoms with Crippen molar-refractivity contribution in [3.8, 4) is 0 Å². The highest BCUT2D eigenvalue weighted by Crippen LogP contribution is 2.24. The molecule has 0 spiro atoms.